The number of carbonyl (C=O) groups is 1. The van der Waals surface area contributed by atoms with E-state index in [1.165, 1.54) is 11.6 Å². The van der Waals surface area contributed by atoms with E-state index in [9.17, 15) is 9.59 Å². The Kier molecular flexibility index (Phi) is 3.90. The van der Waals surface area contributed by atoms with Crippen LogP contribution in [0.15, 0.2) is 44.7 Å². The quantitative estimate of drug-likeness (QED) is 0.676. The van der Waals surface area contributed by atoms with E-state index in [4.69, 9.17) is 4.74 Å². The summed E-state index contributed by atoms with van der Waals surface area (Å²) >= 11 is 1.57. The maximum absolute atomic E-state index is 12.1. The van der Waals surface area contributed by atoms with Crippen LogP contribution >= 0.6 is 11.8 Å². The van der Waals surface area contributed by atoms with Gasteiger partial charge in [-0.3, -0.25) is 19.4 Å². The predicted molar refractivity (Wildman–Crippen MR) is 89.5 cm³/mol. The van der Waals surface area contributed by atoms with E-state index in [1.807, 2.05) is 36.2 Å². The lowest BCUT2D eigenvalue weighted by Crippen LogP contribution is -2.13. The van der Waals surface area contributed by atoms with Crippen LogP contribution in [0.3, 0.4) is 0 Å². The number of hydrogen-bond acceptors (Lipinski definition) is 5. The van der Waals surface area contributed by atoms with Crippen LogP contribution in [0, 0.1) is 0 Å². The van der Waals surface area contributed by atoms with E-state index in [0.29, 0.717) is 0 Å². The average molecular weight is 329 g/mol. The summed E-state index contributed by atoms with van der Waals surface area (Å²) < 4.78 is 6.30. The molecule has 0 saturated heterocycles. The molecule has 0 atom stereocenters. The number of anilines is 1. The highest BCUT2D eigenvalue weighted by atomic mass is 32.2. The smallest absolute Gasteiger partial charge is 0.309 e. The minimum absolute atomic E-state index is 0.126. The molecule has 6 nitrogen and oxygen atoms in total. The third kappa shape index (κ3) is 2.84. The third-order valence-corrected chi connectivity index (χ3v) is 4.52. The normalized spacial score (nSPS) is 12.8. The fourth-order valence-electron chi connectivity index (χ4n) is 2.25. The molecule has 0 radical (unpaired) electrons. The van der Waals surface area contributed by atoms with E-state index in [2.05, 4.69) is 10.8 Å². The minimum atomic E-state index is -0.492. The van der Waals surface area contributed by atoms with E-state index >= 15 is 0 Å². The highest BCUT2D eigenvalue weighted by Gasteiger charge is 2.21. The molecule has 23 heavy (non-hydrogen) atoms. The molecule has 2 aromatic rings. The lowest BCUT2D eigenvalue weighted by atomic mass is 10.3. The molecule has 0 saturated carbocycles. The van der Waals surface area contributed by atoms with Gasteiger partial charge in [-0.2, -0.15) is 0 Å². The summed E-state index contributed by atoms with van der Waals surface area (Å²) in [4.78, 5) is 26.4. The van der Waals surface area contributed by atoms with Crippen molar-refractivity contribution in [2.24, 2.45) is 7.05 Å². The Hall–Kier alpha value is -2.63. The fraction of sp³-hybridized carbons (Fsp3) is 0.188. The SMILES string of the molecule is CC(=O)Oc1[nH]n(C)c(=O)c1C=C=C1Sc2ccccc2N1C. The average Bonchev–Trinajstić information content (AvgIpc) is 2.96. The van der Waals surface area contributed by atoms with E-state index in [-0.39, 0.29) is 17.0 Å². The van der Waals surface area contributed by atoms with Crippen molar-refractivity contribution >= 4 is 29.5 Å². The first-order chi connectivity index (χ1) is 11.0. The standard InChI is InChI=1S/C16H15N3O3S/c1-10(20)22-15-11(16(21)19(3)17-15)8-9-14-18(2)12-6-4-5-7-13(12)23-14/h4-8,17H,1-3H3. The molecule has 0 aliphatic carbocycles. The van der Waals surface area contributed by atoms with Gasteiger partial charge in [-0.25, -0.2) is 0 Å². The second-order valence-corrected chi connectivity index (χ2v) is 6.07. The summed E-state index contributed by atoms with van der Waals surface area (Å²) in [6.07, 6.45) is 1.54. The number of nitrogens with zero attached hydrogens (tertiary/aromatic N) is 2. The van der Waals surface area contributed by atoms with Crippen molar-refractivity contribution in [2.75, 3.05) is 11.9 Å². The van der Waals surface area contributed by atoms with Crippen LogP contribution in [-0.2, 0) is 11.8 Å². The molecule has 1 N–H and O–H groups in total. The summed E-state index contributed by atoms with van der Waals surface area (Å²) in [5.41, 5.74) is 4.20. The highest BCUT2D eigenvalue weighted by Crippen LogP contribution is 2.44. The molecule has 2 heterocycles. The monoisotopic (exact) mass is 329 g/mol. The van der Waals surface area contributed by atoms with Crippen molar-refractivity contribution in [2.45, 2.75) is 11.8 Å². The molecule has 1 aromatic carbocycles. The summed E-state index contributed by atoms with van der Waals surface area (Å²) in [6, 6.07) is 8.01. The molecule has 0 amide bonds. The van der Waals surface area contributed by atoms with Crippen LogP contribution in [0.1, 0.15) is 12.5 Å². The van der Waals surface area contributed by atoms with Gasteiger partial charge in [0.15, 0.2) is 0 Å². The summed E-state index contributed by atoms with van der Waals surface area (Å²) in [5.74, 6) is -0.366. The molecule has 0 spiro atoms. The number of aromatic nitrogens is 2. The third-order valence-electron chi connectivity index (χ3n) is 3.37. The maximum Gasteiger partial charge on any atom is 0.309 e. The van der Waals surface area contributed by atoms with Gasteiger partial charge in [-0.05, 0) is 12.1 Å². The lowest BCUT2D eigenvalue weighted by molar-refractivity contribution is -0.132. The van der Waals surface area contributed by atoms with Crippen molar-refractivity contribution in [3.05, 3.63) is 50.9 Å². The van der Waals surface area contributed by atoms with Gasteiger partial charge in [0, 0.05) is 32.0 Å². The topological polar surface area (TPSA) is 67.3 Å². The number of aromatic amines is 1. The van der Waals surface area contributed by atoms with Gasteiger partial charge >= 0.3 is 5.97 Å². The van der Waals surface area contributed by atoms with Crippen LogP contribution in [-0.4, -0.2) is 22.8 Å². The van der Waals surface area contributed by atoms with Crippen molar-refractivity contribution in [1.82, 2.24) is 9.78 Å². The van der Waals surface area contributed by atoms with E-state index < -0.39 is 5.97 Å². The van der Waals surface area contributed by atoms with Gasteiger partial charge in [0.2, 0.25) is 5.88 Å². The van der Waals surface area contributed by atoms with Crippen LogP contribution in [0.25, 0.3) is 6.08 Å². The van der Waals surface area contributed by atoms with Crippen molar-refractivity contribution in [1.29, 1.82) is 0 Å². The number of esters is 1. The number of carbonyl (C=O) groups excluding carboxylic acids is 1. The Bertz CT molecular complexity index is 904. The zero-order chi connectivity index (χ0) is 16.6. The number of nitrogens with one attached hydrogen (secondary N) is 1. The van der Waals surface area contributed by atoms with Gasteiger partial charge in [0.05, 0.1) is 5.69 Å². The summed E-state index contributed by atoms with van der Waals surface area (Å²) in [7, 11) is 3.50. The van der Waals surface area contributed by atoms with Crippen molar-refractivity contribution in [3.8, 4) is 5.88 Å². The van der Waals surface area contributed by atoms with Gasteiger partial charge in [-0.1, -0.05) is 29.6 Å². The predicted octanol–water partition coefficient (Wildman–Crippen LogP) is 2.33. The van der Waals surface area contributed by atoms with Gasteiger partial charge in [-0.15, -0.1) is 0 Å². The van der Waals surface area contributed by atoms with E-state index in [0.717, 1.165) is 15.6 Å². The number of aryl methyl sites for hydroxylation is 1. The zero-order valence-corrected chi connectivity index (χ0v) is 13.7. The van der Waals surface area contributed by atoms with Crippen LogP contribution in [0.5, 0.6) is 5.88 Å². The van der Waals surface area contributed by atoms with Crippen molar-refractivity contribution < 1.29 is 9.53 Å². The number of H-pyrrole nitrogens is 1. The lowest BCUT2D eigenvalue weighted by Gasteiger charge is -2.10. The molecule has 3 rings (SSSR count). The second-order valence-electron chi connectivity index (χ2n) is 5.04. The molecule has 0 unspecified atom stereocenters. The Labute approximate surface area is 137 Å². The number of rotatable bonds is 2. The molecule has 0 fully saturated rings. The van der Waals surface area contributed by atoms with Crippen LogP contribution < -0.4 is 15.2 Å². The van der Waals surface area contributed by atoms with E-state index in [1.54, 1.807) is 24.9 Å². The van der Waals surface area contributed by atoms with Gasteiger partial charge in [0.1, 0.15) is 10.6 Å². The van der Waals surface area contributed by atoms with Gasteiger partial charge < -0.3 is 9.64 Å². The summed E-state index contributed by atoms with van der Waals surface area (Å²) in [5, 5.41) is 3.57. The second kappa shape index (κ2) is 5.87. The maximum atomic E-state index is 12.1. The molecule has 7 heteroatoms. The molecule has 118 valence electrons. The number of thioether (sulfide) groups is 1. The molecule has 1 aliphatic rings. The van der Waals surface area contributed by atoms with Crippen molar-refractivity contribution in [3.63, 3.8) is 0 Å². The largest absolute Gasteiger partial charge is 0.407 e. The molecule has 1 aliphatic heterocycles. The molecular formula is C16H15N3O3S. The zero-order valence-electron chi connectivity index (χ0n) is 12.9. The number of benzene rings is 1. The molecule has 1 aromatic heterocycles. The van der Waals surface area contributed by atoms with Crippen LogP contribution in [0.2, 0.25) is 0 Å². The number of hydrogen-bond donors (Lipinski definition) is 1. The molecular weight excluding hydrogens is 314 g/mol. The Morgan fingerprint density at radius 2 is 2.09 bits per heavy atom. The Balaban J connectivity index is 2.01. The highest BCUT2D eigenvalue weighted by molar-refractivity contribution is 8.03. The van der Waals surface area contributed by atoms with Crippen LogP contribution in [0.4, 0.5) is 5.69 Å². The van der Waals surface area contributed by atoms with Gasteiger partial charge in [0.25, 0.3) is 5.56 Å². The number of fused-ring (bicyclic) bond motifs is 1. The molecule has 0 bridgehead atoms. The fourth-order valence-corrected chi connectivity index (χ4v) is 3.27. The summed E-state index contributed by atoms with van der Waals surface area (Å²) in [6.45, 7) is 1.29. The first kappa shape index (κ1) is 15.3. The first-order valence-corrected chi connectivity index (χ1v) is 7.73. The first-order valence-electron chi connectivity index (χ1n) is 6.92. The Morgan fingerprint density at radius 3 is 2.78 bits per heavy atom. The number of ether oxygens (including phenoxy) is 1. The Morgan fingerprint density at radius 1 is 1.35 bits per heavy atom. The number of para-hydroxylation sites is 1. The minimum Gasteiger partial charge on any atom is -0.407 e.